The highest BCUT2D eigenvalue weighted by Gasteiger charge is 2.19. The summed E-state index contributed by atoms with van der Waals surface area (Å²) in [5, 5.41) is 17.8. The Bertz CT molecular complexity index is 321. The highest BCUT2D eigenvalue weighted by molar-refractivity contribution is 5.75. The van der Waals surface area contributed by atoms with Crippen molar-refractivity contribution in [2.45, 2.75) is 0 Å². The van der Waals surface area contributed by atoms with Gasteiger partial charge in [0.15, 0.2) is 0 Å². The number of carbonyl (C=O) groups is 3. The van der Waals surface area contributed by atoms with Crippen LogP contribution in [-0.4, -0.2) is 102 Å². The molecule has 0 atom stereocenters. The zero-order chi connectivity index (χ0) is 15.8. The molecular weight excluding hydrogens is 280 g/mol. The van der Waals surface area contributed by atoms with E-state index in [0.717, 1.165) is 0 Å². The third-order valence-corrected chi connectivity index (χ3v) is 3.29. The Labute approximate surface area is 122 Å². The monoisotopic (exact) mass is 302 g/mol. The number of primary amides is 1. The second-order valence-corrected chi connectivity index (χ2v) is 5.08. The molecule has 0 aromatic rings. The van der Waals surface area contributed by atoms with Gasteiger partial charge in [0.25, 0.3) is 0 Å². The zero-order valence-corrected chi connectivity index (χ0v) is 11.9. The summed E-state index contributed by atoms with van der Waals surface area (Å²) >= 11 is 0. The van der Waals surface area contributed by atoms with Crippen LogP contribution in [-0.2, 0) is 14.4 Å². The molecule has 0 aliphatic carbocycles. The van der Waals surface area contributed by atoms with Gasteiger partial charge in [0.05, 0.1) is 19.6 Å². The minimum atomic E-state index is -0.930. The lowest BCUT2D eigenvalue weighted by atomic mass is 10.4. The van der Waals surface area contributed by atoms with Gasteiger partial charge >= 0.3 is 11.9 Å². The van der Waals surface area contributed by atoms with Crippen molar-refractivity contribution in [1.82, 2.24) is 14.7 Å². The van der Waals surface area contributed by atoms with E-state index in [1.54, 1.807) is 9.80 Å². The van der Waals surface area contributed by atoms with E-state index in [2.05, 4.69) is 0 Å². The first-order valence-corrected chi connectivity index (χ1v) is 6.75. The van der Waals surface area contributed by atoms with Crippen molar-refractivity contribution in [3.8, 4) is 0 Å². The Hall–Kier alpha value is -1.71. The molecule has 1 aliphatic heterocycles. The number of carboxylic acids is 2. The molecule has 1 amide bonds. The molecule has 9 heteroatoms. The smallest absolute Gasteiger partial charge is 0.317 e. The van der Waals surface area contributed by atoms with Gasteiger partial charge in [0, 0.05) is 39.3 Å². The van der Waals surface area contributed by atoms with Crippen LogP contribution in [0.25, 0.3) is 0 Å². The molecule has 0 aromatic heterocycles. The first kappa shape index (κ1) is 17.3. The van der Waals surface area contributed by atoms with Crippen molar-refractivity contribution in [2.24, 2.45) is 5.73 Å². The Morgan fingerprint density at radius 2 is 1.00 bits per heavy atom. The summed E-state index contributed by atoms with van der Waals surface area (Å²) in [5.41, 5.74) is 5.19. The topological polar surface area (TPSA) is 127 Å². The molecule has 1 saturated heterocycles. The van der Waals surface area contributed by atoms with Gasteiger partial charge < -0.3 is 15.9 Å². The van der Waals surface area contributed by atoms with Crippen LogP contribution < -0.4 is 5.73 Å². The Balaban J connectivity index is 2.68. The van der Waals surface area contributed by atoms with E-state index < -0.39 is 17.8 Å². The third kappa shape index (κ3) is 7.59. The van der Waals surface area contributed by atoms with Gasteiger partial charge in [-0.15, -0.1) is 0 Å². The van der Waals surface area contributed by atoms with Crippen LogP contribution in [0.15, 0.2) is 0 Å². The highest BCUT2D eigenvalue weighted by atomic mass is 16.4. The quantitative estimate of drug-likeness (QED) is 0.494. The van der Waals surface area contributed by atoms with Crippen LogP contribution in [0.1, 0.15) is 0 Å². The summed E-state index contributed by atoms with van der Waals surface area (Å²) in [6.07, 6.45) is 0. The summed E-state index contributed by atoms with van der Waals surface area (Å²) in [4.78, 5) is 38.0. The molecular formula is C12H22N4O5. The minimum absolute atomic E-state index is 0.0851. The molecule has 1 fully saturated rings. The van der Waals surface area contributed by atoms with Gasteiger partial charge in [0.2, 0.25) is 5.91 Å². The molecule has 0 saturated carbocycles. The largest absolute Gasteiger partial charge is 0.480 e. The molecule has 0 radical (unpaired) electrons. The number of aliphatic carboxylic acids is 2. The van der Waals surface area contributed by atoms with Crippen LogP contribution in [0.5, 0.6) is 0 Å². The molecule has 0 unspecified atom stereocenters. The van der Waals surface area contributed by atoms with E-state index >= 15 is 0 Å². The normalized spacial score (nSPS) is 19.4. The summed E-state index contributed by atoms with van der Waals surface area (Å²) in [5.74, 6) is -2.32. The van der Waals surface area contributed by atoms with Crippen LogP contribution in [0.4, 0.5) is 0 Å². The van der Waals surface area contributed by atoms with Gasteiger partial charge in [-0.3, -0.25) is 29.1 Å². The predicted octanol–water partition coefficient (Wildman–Crippen LogP) is -2.44. The molecule has 4 N–H and O–H groups in total. The van der Waals surface area contributed by atoms with E-state index in [9.17, 15) is 14.4 Å². The molecule has 0 aromatic carbocycles. The summed E-state index contributed by atoms with van der Waals surface area (Å²) in [6.45, 7) is 2.88. The van der Waals surface area contributed by atoms with Gasteiger partial charge in [0.1, 0.15) is 0 Å². The van der Waals surface area contributed by atoms with Gasteiger partial charge in [-0.25, -0.2) is 0 Å². The van der Waals surface area contributed by atoms with Crippen LogP contribution in [0, 0.1) is 0 Å². The van der Waals surface area contributed by atoms with Crippen molar-refractivity contribution in [3.63, 3.8) is 0 Å². The van der Waals surface area contributed by atoms with Crippen molar-refractivity contribution in [1.29, 1.82) is 0 Å². The van der Waals surface area contributed by atoms with Crippen LogP contribution in [0.2, 0.25) is 0 Å². The lowest BCUT2D eigenvalue weighted by Crippen LogP contribution is -2.41. The van der Waals surface area contributed by atoms with E-state index in [4.69, 9.17) is 15.9 Å². The van der Waals surface area contributed by atoms with Crippen molar-refractivity contribution >= 4 is 17.8 Å². The van der Waals surface area contributed by atoms with Gasteiger partial charge in [-0.1, -0.05) is 0 Å². The van der Waals surface area contributed by atoms with Crippen molar-refractivity contribution < 1.29 is 24.6 Å². The number of hydrogen-bond acceptors (Lipinski definition) is 6. The number of amides is 1. The lowest BCUT2D eigenvalue weighted by Gasteiger charge is -2.23. The fraction of sp³-hybridized carbons (Fsp3) is 0.750. The summed E-state index contributed by atoms with van der Waals surface area (Å²) in [6, 6.07) is 0. The van der Waals surface area contributed by atoms with Gasteiger partial charge in [-0.05, 0) is 0 Å². The number of nitrogens with two attached hydrogens (primary N) is 1. The number of carbonyl (C=O) groups excluding carboxylic acids is 1. The maximum Gasteiger partial charge on any atom is 0.317 e. The molecule has 1 aliphatic rings. The Morgan fingerprint density at radius 3 is 1.24 bits per heavy atom. The fourth-order valence-electron chi connectivity index (χ4n) is 2.26. The molecule has 1 rings (SSSR count). The first-order valence-electron chi connectivity index (χ1n) is 6.75. The fourth-order valence-corrected chi connectivity index (χ4v) is 2.26. The summed E-state index contributed by atoms with van der Waals surface area (Å²) < 4.78 is 0. The SMILES string of the molecule is NC(=O)CN1CCN(CC(=O)O)CCN(CC(=O)O)CC1. The first-order chi connectivity index (χ1) is 9.86. The number of nitrogens with zero attached hydrogens (tertiary/aromatic N) is 3. The van der Waals surface area contributed by atoms with Crippen molar-refractivity contribution in [2.75, 3.05) is 58.9 Å². The van der Waals surface area contributed by atoms with Crippen molar-refractivity contribution in [3.05, 3.63) is 0 Å². The van der Waals surface area contributed by atoms with E-state index in [1.165, 1.54) is 0 Å². The average Bonchev–Trinajstić information content (AvgIpc) is 2.42. The molecule has 1 heterocycles. The average molecular weight is 302 g/mol. The maximum absolute atomic E-state index is 11.0. The second-order valence-electron chi connectivity index (χ2n) is 5.08. The highest BCUT2D eigenvalue weighted by Crippen LogP contribution is 2.00. The number of rotatable bonds is 6. The number of carboxylic acid groups (broad SMARTS) is 2. The lowest BCUT2D eigenvalue weighted by molar-refractivity contribution is -0.140. The maximum atomic E-state index is 11.0. The zero-order valence-electron chi connectivity index (χ0n) is 11.9. The second kappa shape index (κ2) is 8.55. The molecule has 21 heavy (non-hydrogen) atoms. The van der Waals surface area contributed by atoms with Gasteiger partial charge in [-0.2, -0.15) is 0 Å². The van der Waals surface area contributed by atoms with E-state index in [0.29, 0.717) is 39.3 Å². The van der Waals surface area contributed by atoms with E-state index in [-0.39, 0.29) is 19.6 Å². The minimum Gasteiger partial charge on any atom is -0.480 e. The Kier molecular flexibility index (Phi) is 7.06. The molecule has 0 spiro atoms. The molecule has 0 bridgehead atoms. The third-order valence-electron chi connectivity index (χ3n) is 3.29. The summed E-state index contributed by atoms with van der Waals surface area (Å²) in [7, 11) is 0. The Morgan fingerprint density at radius 1 is 0.714 bits per heavy atom. The molecule has 9 nitrogen and oxygen atoms in total. The van der Waals surface area contributed by atoms with E-state index in [1.807, 2.05) is 4.90 Å². The van der Waals surface area contributed by atoms with Crippen LogP contribution in [0.3, 0.4) is 0 Å². The molecule has 120 valence electrons. The standard InChI is InChI=1S/C12H22N4O5/c13-10(17)7-14-1-3-15(8-11(18)19)5-6-16(4-2-14)9-12(20)21/h1-9H2,(H2,13,17)(H,18,19)(H,20,21). The number of hydrogen-bond donors (Lipinski definition) is 3. The predicted molar refractivity (Wildman–Crippen MR) is 73.8 cm³/mol. The van der Waals surface area contributed by atoms with Crippen LogP contribution >= 0.6 is 0 Å².